The molecule has 19 heavy (non-hydrogen) atoms. The van der Waals surface area contributed by atoms with Gasteiger partial charge in [0.15, 0.2) is 0 Å². The number of nitrogens with one attached hydrogen (secondary N) is 1. The normalized spacial score (nSPS) is 11.7. The first kappa shape index (κ1) is 14.0. The molecule has 5 nitrogen and oxygen atoms in total. The second-order valence-electron chi connectivity index (χ2n) is 4.08. The summed E-state index contributed by atoms with van der Waals surface area (Å²) in [5.41, 5.74) is 0.845. The van der Waals surface area contributed by atoms with Gasteiger partial charge in [-0.15, -0.1) is 0 Å². The van der Waals surface area contributed by atoms with Gasteiger partial charge in [0, 0.05) is 24.0 Å². The highest BCUT2D eigenvalue weighted by atomic mass is 35.5. The number of sulfonamides is 1. The summed E-state index contributed by atoms with van der Waals surface area (Å²) in [5.74, 6) is 0. The fraction of sp³-hybridized carbons (Fsp3) is 0.250. The van der Waals surface area contributed by atoms with Crippen molar-refractivity contribution in [2.24, 2.45) is 0 Å². The van der Waals surface area contributed by atoms with Crippen molar-refractivity contribution < 1.29 is 8.42 Å². The molecular formula is C12H14ClN3O2S. The fourth-order valence-corrected chi connectivity index (χ4v) is 2.84. The third-order valence-corrected chi connectivity index (χ3v) is 4.51. The lowest BCUT2D eigenvalue weighted by Crippen LogP contribution is -2.27. The standard InChI is InChI=1S/C12H14ClN3O2S/c1-10-3-4-11(9-12(10)13)19(17,18)15-6-8-16-7-2-5-14-16/h2-5,7,9,15H,6,8H2,1H3. The van der Waals surface area contributed by atoms with Gasteiger partial charge in [-0.2, -0.15) is 5.10 Å². The Kier molecular flexibility index (Phi) is 4.24. The molecule has 0 aliphatic heterocycles. The van der Waals surface area contributed by atoms with E-state index in [2.05, 4.69) is 9.82 Å². The van der Waals surface area contributed by atoms with Crippen LogP contribution >= 0.6 is 11.6 Å². The lowest BCUT2D eigenvalue weighted by Gasteiger charge is -2.08. The van der Waals surface area contributed by atoms with Gasteiger partial charge in [0.2, 0.25) is 10.0 Å². The van der Waals surface area contributed by atoms with Crippen LogP contribution < -0.4 is 4.72 Å². The van der Waals surface area contributed by atoms with Gasteiger partial charge < -0.3 is 0 Å². The third kappa shape index (κ3) is 3.56. The lowest BCUT2D eigenvalue weighted by atomic mass is 10.2. The van der Waals surface area contributed by atoms with E-state index in [-0.39, 0.29) is 11.4 Å². The van der Waals surface area contributed by atoms with Gasteiger partial charge in [-0.05, 0) is 30.7 Å². The van der Waals surface area contributed by atoms with E-state index in [0.717, 1.165) is 5.56 Å². The zero-order chi connectivity index (χ0) is 13.9. The molecule has 0 spiro atoms. The van der Waals surface area contributed by atoms with Crippen LogP contribution in [-0.2, 0) is 16.6 Å². The maximum absolute atomic E-state index is 12.0. The summed E-state index contributed by atoms with van der Waals surface area (Å²) in [4.78, 5) is 0.170. The molecule has 0 aliphatic carbocycles. The summed E-state index contributed by atoms with van der Waals surface area (Å²) in [6.45, 7) is 2.57. The van der Waals surface area contributed by atoms with Gasteiger partial charge in [-0.1, -0.05) is 17.7 Å². The van der Waals surface area contributed by atoms with Crippen LogP contribution in [0.4, 0.5) is 0 Å². The summed E-state index contributed by atoms with van der Waals surface area (Å²) in [6, 6.07) is 6.46. The summed E-state index contributed by atoms with van der Waals surface area (Å²) >= 11 is 5.93. The first-order chi connectivity index (χ1) is 8.99. The Morgan fingerprint density at radius 1 is 1.42 bits per heavy atom. The van der Waals surface area contributed by atoms with Crippen molar-refractivity contribution >= 4 is 21.6 Å². The van der Waals surface area contributed by atoms with E-state index in [0.29, 0.717) is 11.6 Å². The molecule has 0 aliphatic rings. The fourth-order valence-electron chi connectivity index (χ4n) is 1.55. The maximum Gasteiger partial charge on any atom is 0.240 e. The van der Waals surface area contributed by atoms with Crippen molar-refractivity contribution in [2.75, 3.05) is 6.54 Å². The van der Waals surface area contributed by atoms with E-state index in [9.17, 15) is 8.42 Å². The number of nitrogens with zero attached hydrogens (tertiary/aromatic N) is 2. The largest absolute Gasteiger partial charge is 0.271 e. The topological polar surface area (TPSA) is 64.0 Å². The first-order valence-corrected chi connectivity index (χ1v) is 7.58. The predicted molar refractivity (Wildman–Crippen MR) is 73.6 cm³/mol. The molecule has 2 aromatic rings. The van der Waals surface area contributed by atoms with Crippen LogP contribution in [-0.4, -0.2) is 24.7 Å². The van der Waals surface area contributed by atoms with Crippen LogP contribution in [0.5, 0.6) is 0 Å². The number of hydrogen-bond donors (Lipinski definition) is 1. The molecule has 0 fully saturated rings. The molecule has 1 N–H and O–H groups in total. The molecule has 102 valence electrons. The van der Waals surface area contributed by atoms with Gasteiger partial charge in [0.25, 0.3) is 0 Å². The molecule has 0 bridgehead atoms. The Bertz CT molecular complexity index is 654. The number of aromatic nitrogens is 2. The Balaban J connectivity index is 2.03. The number of rotatable bonds is 5. The van der Waals surface area contributed by atoms with Crippen molar-refractivity contribution in [1.29, 1.82) is 0 Å². The van der Waals surface area contributed by atoms with Crippen molar-refractivity contribution in [1.82, 2.24) is 14.5 Å². The van der Waals surface area contributed by atoms with Crippen LogP contribution in [0.15, 0.2) is 41.6 Å². The number of hydrogen-bond acceptors (Lipinski definition) is 3. The Hall–Kier alpha value is -1.37. The van der Waals surface area contributed by atoms with Gasteiger partial charge in [0.1, 0.15) is 0 Å². The zero-order valence-electron chi connectivity index (χ0n) is 10.4. The second kappa shape index (κ2) is 5.73. The molecule has 7 heteroatoms. The first-order valence-electron chi connectivity index (χ1n) is 5.72. The summed E-state index contributed by atoms with van der Waals surface area (Å²) in [7, 11) is -3.53. The van der Waals surface area contributed by atoms with E-state index in [1.165, 1.54) is 12.1 Å². The minimum atomic E-state index is -3.53. The highest BCUT2D eigenvalue weighted by molar-refractivity contribution is 7.89. The van der Waals surface area contributed by atoms with Crippen LogP contribution in [0.2, 0.25) is 5.02 Å². The summed E-state index contributed by atoms with van der Waals surface area (Å²) in [6.07, 6.45) is 3.42. The van der Waals surface area contributed by atoms with E-state index in [1.54, 1.807) is 29.2 Å². The molecule has 0 atom stereocenters. The van der Waals surface area contributed by atoms with Crippen LogP contribution in [0, 0.1) is 6.92 Å². The van der Waals surface area contributed by atoms with Gasteiger partial charge in [-0.3, -0.25) is 4.68 Å². The average Bonchev–Trinajstić information content (AvgIpc) is 2.85. The summed E-state index contributed by atoms with van der Waals surface area (Å²) < 4.78 is 28.2. The highest BCUT2D eigenvalue weighted by Gasteiger charge is 2.14. The molecule has 0 radical (unpaired) electrons. The van der Waals surface area contributed by atoms with Crippen LogP contribution in [0.25, 0.3) is 0 Å². The van der Waals surface area contributed by atoms with Gasteiger partial charge in [0.05, 0.1) is 11.4 Å². The second-order valence-corrected chi connectivity index (χ2v) is 6.25. The van der Waals surface area contributed by atoms with Crippen LogP contribution in [0.1, 0.15) is 5.56 Å². The molecule has 1 aromatic heterocycles. The molecule has 0 unspecified atom stereocenters. The Labute approximate surface area is 117 Å². The highest BCUT2D eigenvalue weighted by Crippen LogP contribution is 2.19. The van der Waals surface area contributed by atoms with Gasteiger partial charge in [-0.25, -0.2) is 13.1 Å². The molecular weight excluding hydrogens is 286 g/mol. The average molecular weight is 300 g/mol. The maximum atomic E-state index is 12.0. The Morgan fingerprint density at radius 3 is 2.84 bits per heavy atom. The predicted octanol–water partition coefficient (Wildman–Crippen LogP) is 1.82. The van der Waals surface area contributed by atoms with E-state index in [4.69, 9.17) is 11.6 Å². The minimum Gasteiger partial charge on any atom is -0.271 e. The van der Waals surface area contributed by atoms with Gasteiger partial charge >= 0.3 is 0 Å². The number of benzene rings is 1. The number of aryl methyl sites for hydroxylation is 1. The molecule has 1 aromatic carbocycles. The van der Waals surface area contributed by atoms with E-state index >= 15 is 0 Å². The summed E-state index contributed by atoms with van der Waals surface area (Å²) in [5, 5.41) is 4.43. The van der Waals surface area contributed by atoms with Crippen molar-refractivity contribution in [3.63, 3.8) is 0 Å². The minimum absolute atomic E-state index is 0.170. The lowest BCUT2D eigenvalue weighted by molar-refractivity contribution is 0.561. The third-order valence-electron chi connectivity index (χ3n) is 2.65. The number of halogens is 1. The quantitative estimate of drug-likeness (QED) is 0.916. The Morgan fingerprint density at radius 2 is 2.21 bits per heavy atom. The molecule has 2 rings (SSSR count). The smallest absolute Gasteiger partial charge is 0.240 e. The molecule has 1 heterocycles. The monoisotopic (exact) mass is 299 g/mol. The van der Waals surface area contributed by atoms with Crippen molar-refractivity contribution in [2.45, 2.75) is 18.4 Å². The molecule has 0 saturated carbocycles. The zero-order valence-corrected chi connectivity index (χ0v) is 11.9. The molecule has 0 amide bonds. The van der Waals surface area contributed by atoms with Crippen molar-refractivity contribution in [3.8, 4) is 0 Å². The van der Waals surface area contributed by atoms with E-state index in [1.807, 2.05) is 6.92 Å². The van der Waals surface area contributed by atoms with Crippen LogP contribution in [0.3, 0.4) is 0 Å². The van der Waals surface area contributed by atoms with E-state index < -0.39 is 10.0 Å². The SMILES string of the molecule is Cc1ccc(S(=O)(=O)NCCn2cccn2)cc1Cl. The van der Waals surface area contributed by atoms with Crippen molar-refractivity contribution in [3.05, 3.63) is 47.2 Å². The molecule has 0 saturated heterocycles.